The van der Waals surface area contributed by atoms with Crippen molar-refractivity contribution in [2.24, 2.45) is 0 Å². The van der Waals surface area contributed by atoms with Crippen molar-refractivity contribution in [1.82, 2.24) is 19.7 Å². The monoisotopic (exact) mass is 344 g/mol. The number of aromatic nitrogens is 4. The van der Waals surface area contributed by atoms with Crippen LogP contribution in [0.5, 0.6) is 0 Å². The van der Waals surface area contributed by atoms with Crippen molar-refractivity contribution in [3.8, 4) is 5.69 Å². The molecule has 0 bridgehead atoms. The van der Waals surface area contributed by atoms with Crippen LogP contribution in [0.2, 0.25) is 0 Å². The topological polar surface area (TPSA) is 62.1 Å². The van der Waals surface area contributed by atoms with Gasteiger partial charge in [0, 0.05) is 6.61 Å². The number of hydrogen-bond acceptors (Lipinski definition) is 6. The van der Waals surface area contributed by atoms with E-state index < -0.39 is 0 Å². The zero-order chi connectivity index (χ0) is 16.4. The summed E-state index contributed by atoms with van der Waals surface area (Å²) in [4.78, 5) is 8.83. The number of fused-ring (bicyclic) bond motifs is 1. The quantitative estimate of drug-likeness (QED) is 0.711. The lowest BCUT2D eigenvalue weighted by atomic mass is 10.1. The highest BCUT2D eigenvalue weighted by Gasteiger charge is 2.15. The first-order valence-electron chi connectivity index (χ1n) is 8.25. The summed E-state index contributed by atoms with van der Waals surface area (Å²) in [7, 11) is 0. The first-order valence-corrected chi connectivity index (χ1v) is 9.07. The van der Waals surface area contributed by atoms with E-state index in [4.69, 9.17) is 9.47 Å². The van der Waals surface area contributed by atoms with Gasteiger partial charge in [-0.15, -0.1) is 11.3 Å². The molecule has 6 nitrogen and oxygen atoms in total. The Morgan fingerprint density at radius 2 is 2.33 bits per heavy atom. The van der Waals surface area contributed by atoms with E-state index in [0.717, 1.165) is 46.2 Å². The third-order valence-corrected chi connectivity index (χ3v) is 5.08. The Bertz CT molecular complexity index is 823. The second-order valence-corrected chi connectivity index (χ2v) is 7.21. The third kappa shape index (κ3) is 3.33. The average Bonchev–Trinajstić information content (AvgIpc) is 3.20. The normalized spacial score (nSPS) is 18.3. The summed E-state index contributed by atoms with van der Waals surface area (Å²) < 4.78 is 14.5. The molecule has 1 aliphatic rings. The Morgan fingerprint density at radius 3 is 3.21 bits per heavy atom. The zero-order valence-electron chi connectivity index (χ0n) is 13.6. The lowest BCUT2D eigenvalue weighted by molar-refractivity contribution is -0.0460. The first kappa shape index (κ1) is 15.7. The predicted octanol–water partition coefficient (Wildman–Crippen LogP) is 3.27. The number of rotatable bonds is 5. The maximum atomic E-state index is 5.81. The Hall–Kier alpha value is -1.83. The molecule has 1 fully saturated rings. The maximum absolute atomic E-state index is 5.81. The van der Waals surface area contributed by atoms with Crippen LogP contribution in [-0.2, 0) is 16.1 Å². The Morgan fingerprint density at radius 1 is 1.38 bits per heavy atom. The summed E-state index contributed by atoms with van der Waals surface area (Å²) in [5.74, 6) is 0.798. The molecule has 3 heterocycles. The highest BCUT2D eigenvalue weighted by atomic mass is 32.1. The molecule has 0 amide bonds. The van der Waals surface area contributed by atoms with Gasteiger partial charge in [0.2, 0.25) is 0 Å². The van der Waals surface area contributed by atoms with E-state index in [-0.39, 0.29) is 6.10 Å². The SMILES string of the molecule is Cc1nc2ccc(-n3ncnc3COC[C@H]3CCCCO3)cc2s1. The van der Waals surface area contributed by atoms with Gasteiger partial charge in [-0.3, -0.25) is 0 Å². The lowest BCUT2D eigenvalue weighted by Gasteiger charge is -2.22. The van der Waals surface area contributed by atoms with E-state index >= 15 is 0 Å². The van der Waals surface area contributed by atoms with Crippen LogP contribution >= 0.6 is 11.3 Å². The summed E-state index contributed by atoms with van der Waals surface area (Å²) >= 11 is 1.69. The van der Waals surface area contributed by atoms with Gasteiger partial charge in [0.25, 0.3) is 0 Å². The van der Waals surface area contributed by atoms with Gasteiger partial charge in [-0.2, -0.15) is 5.10 Å². The van der Waals surface area contributed by atoms with Crippen molar-refractivity contribution in [1.29, 1.82) is 0 Å². The Kier molecular flexibility index (Phi) is 4.55. The molecule has 1 saturated heterocycles. The van der Waals surface area contributed by atoms with Crippen LogP contribution in [0.1, 0.15) is 30.1 Å². The van der Waals surface area contributed by atoms with E-state index in [9.17, 15) is 0 Å². The largest absolute Gasteiger partial charge is 0.376 e. The van der Waals surface area contributed by atoms with Crippen molar-refractivity contribution < 1.29 is 9.47 Å². The van der Waals surface area contributed by atoms with E-state index in [0.29, 0.717) is 13.2 Å². The standard InChI is InChI=1S/C17H20N4O2S/c1-12-20-15-6-5-13(8-16(15)24-12)21-17(18-11-19-21)10-22-9-14-4-2-3-7-23-14/h5-6,8,11,14H,2-4,7,9-10H2,1H3/t14-/m1/s1. The summed E-state index contributed by atoms with van der Waals surface area (Å²) in [6.07, 6.45) is 5.24. The van der Waals surface area contributed by atoms with Gasteiger partial charge in [0.15, 0.2) is 5.82 Å². The second kappa shape index (κ2) is 6.96. The number of aryl methyl sites for hydroxylation is 1. The van der Waals surface area contributed by atoms with Crippen LogP contribution in [0.15, 0.2) is 24.5 Å². The minimum Gasteiger partial charge on any atom is -0.376 e. The molecule has 4 rings (SSSR count). The number of benzene rings is 1. The molecule has 0 radical (unpaired) electrons. The molecule has 7 heteroatoms. The Labute approximate surface area is 144 Å². The molecule has 1 aromatic carbocycles. The van der Waals surface area contributed by atoms with Crippen molar-refractivity contribution in [2.75, 3.05) is 13.2 Å². The number of ether oxygens (including phenoxy) is 2. The lowest BCUT2D eigenvalue weighted by Crippen LogP contribution is -2.24. The van der Waals surface area contributed by atoms with E-state index in [1.807, 2.05) is 23.7 Å². The van der Waals surface area contributed by atoms with Crippen molar-refractivity contribution in [2.45, 2.75) is 38.9 Å². The molecule has 1 atom stereocenters. The molecule has 0 aliphatic carbocycles. The van der Waals surface area contributed by atoms with Gasteiger partial charge >= 0.3 is 0 Å². The van der Waals surface area contributed by atoms with Gasteiger partial charge in [0.05, 0.1) is 33.6 Å². The molecular formula is C17H20N4O2S. The molecule has 126 valence electrons. The minimum atomic E-state index is 0.214. The number of nitrogens with zero attached hydrogens (tertiary/aromatic N) is 4. The minimum absolute atomic E-state index is 0.214. The van der Waals surface area contributed by atoms with Crippen LogP contribution in [0.4, 0.5) is 0 Å². The molecule has 0 unspecified atom stereocenters. The molecule has 3 aromatic rings. The summed E-state index contributed by atoms with van der Waals surface area (Å²) in [6.45, 7) is 3.91. The van der Waals surface area contributed by atoms with Gasteiger partial charge < -0.3 is 9.47 Å². The fourth-order valence-electron chi connectivity index (χ4n) is 2.96. The van der Waals surface area contributed by atoms with E-state index in [1.54, 1.807) is 17.7 Å². The van der Waals surface area contributed by atoms with Crippen LogP contribution in [0.25, 0.3) is 15.9 Å². The average molecular weight is 344 g/mol. The van der Waals surface area contributed by atoms with E-state index in [2.05, 4.69) is 21.1 Å². The highest BCUT2D eigenvalue weighted by Crippen LogP contribution is 2.24. The fourth-order valence-corrected chi connectivity index (χ4v) is 3.82. The van der Waals surface area contributed by atoms with Crippen molar-refractivity contribution >= 4 is 21.6 Å². The van der Waals surface area contributed by atoms with Gasteiger partial charge in [-0.1, -0.05) is 0 Å². The molecule has 0 spiro atoms. The summed E-state index contributed by atoms with van der Waals surface area (Å²) in [5.41, 5.74) is 2.00. The van der Waals surface area contributed by atoms with Gasteiger partial charge in [-0.05, 0) is 44.4 Å². The molecule has 2 aromatic heterocycles. The van der Waals surface area contributed by atoms with Crippen LogP contribution in [0, 0.1) is 6.92 Å². The van der Waals surface area contributed by atoms with Gasteiger partial charge in [0.1, 0.15) is 12.9 Å². The summed E-state index contributed by atoms with van der Waals surface area (Å²) in [6, 6.07) is 6.14. The third-order valence-electron chi connectivity index (χ3n) is 4.15. The predicted molar refractivity (Wildman–Crippen MR) is 92.5 cm³/mol. The first-order chi connectivity index (χ1) is 11.8. The fraction of sp³-hybridized carbons (Fsp3) is 0.471. The molecule has 0 N–H and O–H groups in total. The molecular weight excluding hydrogens is 324 g/mol. The number of thiazole rings is 1. The molecule has 0 saturated carbocycles. The van der Waals surface area contributed by atoms with Crippen LogP contribution in [-0.4, -0.2) is 39.1 Å². The van der Waals surface area contributed by atoms with Crippen LogP contribution < -0.4 is 0 Å². The molecule has 1 aliphatic heterocycles. The zero-order valence-corrected chi connectivity index (χ0v) is 14.5. The van der Waals surface area contributed by atoms with Crippen LogP contribution in [0.3, 0.4) is 0 Å². The Balaban J connectivity index is 1.46. The number of hydrogen-bond donors (Lipinski definition) is 0. The van der Waals surface area contributed by atoms with Crippen molar-refractivity contribution in [3.63, 3.8) is 0 Å². The van der Waals surface area contributed by atoms with Gasteiger partial charge in [-0.25, -0.2) is 14.6 Å². The summed E-state index contributed by atoms with van der Waals surface area (Å²) in [5, 5.41) is 5.41. The smallest absolute Gasteiger partial charge is 0.158 e. The maximum Gasteiger partial charge on any atom is 0.158 e. The van der Waals surface area contributed by atoms with E-state index in [1.165, 1.54) is 6.42 Å². The highest BCUT2D eigenvalue weighted by molar-refractivity contribution is 7.18. The second-order valence-electron chi connectivity index (χ2n) is 5.98. The molecule has 24 heavy (non-hydrogen) atoms. The van der Waals surface area contributed by atoms with Crippen molar-refractivity contribution in [3.05, 3.63) is 35.4 Å².